The van der Waals surface area contributed by atoms with Crippen molar-refractivity contribution in [2.24, 2.45) is 5.73 Å². The second kappa shape index (κ2) is 7.24. The van der Waals surface area contributed by atoms with Gasteiger partial charge in [0, 0.05) is 24.2 Å². The van der Waals surface area contributed by atoms with E-state index < -0.39 is 5.54 Å². The van der Waals surface area contributed by atoms with Crippen molar-refractivity contribution in [1.82, 2.24) is 5.32 Å². The summed E-state index contributed by atoms with van der Waals surface area (Å²) in [5, 5.41) is 2.90. The first-order valence-electron chi connectivity index (χ1n) is 5.99. The second-order valence-electron chi connectivity index (χ2n) is 4.58. The van der Waals surface area contributed by atoms with Gasteiger partial charge < -0.3 is 15.8 Å². The third-order valence-corrected chi connectivity index (χ3v) is 3.67. The van der Waals surface area contributed by atoms with Crippen LogP contribution in [-0.2, 0) is 16.1 Å². The number of hydrogen-bond acceptors (Lipinski definition) is 3. The van der Waals surface area contributed by atoms with Gasteiger partial charge in [0.15, 0.2) is 0 Å². The summed E-state index contributed by atoms with van der Waals surface area (Å²) < 4.78 is 6.23. The molecule has 0 aromatic heterocycles. The second-order valence-corrected chi connectivity index (χ2v) is 5.50. The Bertz CT molecular complexity index is 436. The van der Waals surface area contributed by atoms with Gasteiger partial charge in [-0.15, -0.1) is 12.4 Å². The molecule has 0 saturated carbocycles. The smallest absolute Gasteiger partial charge is 0.240 e. The normalized spacial score (nSPS) is 17.4. The summed E-state index contributed by atoms with van der Waals surface area (Å²) in [6.45, 7) is 1.61. The summed E-state index contributed by atoms with van der Waals surface area (Å²) in [5.74, 6) is -0.0919. The van der Waals surface area contributed by atoms with Gasteiger partial charge in [-0.1, -0.05) is 28.1 Å². The number of ether oxygens (including phenoxy) is 1. The highest BCUT2D eigenvalue weighted by atomic mass is 79.9. The van der Waals surface area contributed by atoms with Crippen LogP contribution in [0.5, 0.6) is 0 Å². The summed E-state index contributed by atoms with van der Waals surface area (Å²) in [6, 6.07) is 7.85. The molecule has 0 unspecified atom stereocenters. The minimum atomic E-state index is -0.774. The monoisotopic (exact) mass is 348 g/mol. The Hall–Kier alpha value is -0.620. The van der Waals surface area contributed by atoms with Gasteiger partial charge in [-0.2, -0.15) is 0 Å². The highest BCUT2D eigenvalue weighted by Gasteiger charge is 2.35. The maximum atomic E-state index is 12.1. The van der Waals surface area contributed by atoms with Gasteiger partial charge in [-0.05, 0) is 30.5 Å². The molecular weight excluding hydrogens is 332 g/mol. The summed E-state index contributed by atoms with van der Waals surface area (Å²) in [5.41, 5.74) is 6.37. The fraction of sp³-hybridized carbons (Fsp3) is 0.462. The van der Waals surface area contributed by atoms with Crippen molar-refractivity contribution in [2.45, 2.75) is 24.9 Å². The van der Waals surface area contributed by atoms with Gasteiger partial charge in [0.2, 0.25) is 5.91 Å². The van der Waals surface area contributed by atoms with Crippen molar-refractivity contribution in [2.75, 3.05) is 13.2 Å². The maximum Gasteiger partial charge on any atom is 0.240 e. The van der Waals surface area contributed by atoms with Gasteiger partial charge in [0.1, 0.15) is 0 Å². The van der Waals surface area contributed by atoms with Crippen molar-refractivity contribution < 1.29 is 9.53 Å². The predicted octanol–water partition coefficient (Wildman–Crippen LogP) is 1.99. The molecule has 3 N–H and O–H groups in total. The van der Waals surface area contributed by atoms with Crippen LogP contribution in [0.2, 0.25) is 0 Å². The molecule has 106 valence electrons. The van der Waals surface area contributed by atoms with E-state index in [1.54, 1.807) is 0 Å². The Morgan fingerprint density at radius 2 is 2.11 bits per heavy atom. The first kappa shape index (κ1) is 16.4. The molecule has 0 spiro atoms. The third kappa shape index (κ3) is 4.45. The van der Waals surface area contributed by atoms with E-state index in [1.807, 2.05) is 24.3 Å². The molecule has 1 aromatic carbocycles. The lowest BCUT2D eigenvalue weighted by atomic mass is 9.90. The number of amides is 1. The van der Waals surface area contributed by atoms with E-state index in [0.717, 1.165) is 10.0 Å². The molecule has 2 rings (SSSR count). The Morgan fingerprint density at radius 1 is 1.42 bits per heavy atom. The fourth-order valence-electron chi connectivity index (χ4n) is 1.97. The molecule has 19 heavy (non-hydrogen) atoms. The topological polar surface area (TPSA) is 64.4 Å². The number of rotatable bonds is 3. The highest BCUT2D eigenvalue weighted by molar-refractivity contribution is 9.10. The van der Waals surface area contributed by atoms with Crippen molar-refractivity contribution >= 4 is 34.2 Å². The van der Waals surface area contributed by atoms with E-state index >= 15 is 0 Å². The molecule has 0 atom stereocenters. The highest BCUT2D eigenvalue weighted by Crippen LogP contribution is 2.18. The molecule has 6 heteroatoms. The van der Waals surface area contributed by atoms with Crippen LogP contribution in [0.25, 0.3) is 0 Å². The first-order chi connectivity index (χ1) is 8.60. The van der Waals surface area contributed by atoms with Crippen LogP contribution in [0.1, 0.15) is 18.4 Å². The van der Waals surface area contributed by atoms with Crippen molar-refractivity contribution in [3.05, 3.63) is 34.3 Å². The molecule has 1 fully saturated rings. The Balaban J connectivity index is 0.00000180. The lowest BCUT2D eigenvalue weighted by molar-refractivity contribution is -0.129. The molecule has 1 aliphatic rings. The van der Waals surface area contributed by atoms with Crippen molar-refractivity contribution in [3.8, 4) is 0 Å². The Kier molecular flexibility index (Phi) is 6.26. The quantitative estimate of drug-likeness (QED) is 0.877. The van der Waals surface area contributed by atoms with Crippen molar-refractivity contribution in [1.29, 1.82) is 0 Å². The maximum absolute atomic E-state index is 12.1. The van der Waals surface area contributed by atoms with Crippen LogP contribution >= 0.6 is 28.3 Å². The predicted molar refractivity (Wildman–Crippen MR) is 80.2 cm³/mol. The number of nitrogens with two attached hydrogens (primary N) is 1. The van der Waals surface area contributed by atoms with Crippen LogP contribution in [0.3, 0.4) is 0 Å². The molecule has 1 aromatic rings. The minimum Gasteiger partial charge on any atom is -0.381 e. The lowest BCUT2D eigenvalue weighted by Gasteiger charge is -2.31. The van der Waals surface area contributed by atoms with Gasteiger partial charge in [0.05, 0.1) is 5.54 Å². The summed E-state index contributed by atoms with van der Waals surface area (Å²) in [6.07, 6.45) is 1.16. The molecule has 0 bridgehead atoms. The van der Waals surface area contributed by atoms with E-state index in [4.69, 9.17) is 10.5 Å². The number of benzene rings is 1. The number of carbonyl (C=O) groups is 1. The van der Waals surface area contributed by atoms with Crippen molar-refractivity contribution in [3.63, 3.8) is 0 Å². The molecule has 4 nitrogen and oxygen atoms in total. The van der Waals surface area contributed by atoms with E-state index in [-0.39, 0.29) is 18.3 Å². The largest absolute Gasteiger partial charge is 0.381 e. The Morgan fingerprint density at radius 3 is 2.74 bits per heavy atom. The zero-order valence-corrected chi connectivity index (χ0v) is 12.9. The van der Waals surface area contributed by atoms with Gasteiger partial charge in [0.25, 0.3) is 0 Å². The number of halogens is 2. The van der Waals surface area contributed by atoms with Crippen LogP contribution in [0.15, 0.2) is 28.7 Å². The van der Waals surface area contributed by atoms with Crippen LogP contribution in [0.4, 0.5) is 0 Å². The van der Waals surface area contributed by atoms with Crippen LogP contribution in [-0.4, -0.2) is 24.7 Å². The molecule has 0 aliphatic carbocycles. The van der Waals surface area contributed by atoms with E-state index in [0.29, 0.717) is 32.6 Å². The zero-order valence-electron chi connectivity index (χ0n) is 10.5. The van der Waals surface area contributed by atoms with Gasteiger partial charge >= 0.3 is 0 Å². The molecule has 1 amide bonds. The zero-order chi connectivity index (χ0) is 13.0. The summed E-state index contributed by atoms with van der Waals surface area (Å²) in [7, 11) is 0. The van der Waals surface area contributed by atoms with E-state index in [2.05, 4.69) is 21.2 Å². The molecule has 1 heterocycles. The standard InChI is InChI=1S/C13H17BrN2O2.ClH/c14-11-3-1-2-10(8-11)9-16-12(17)13(15)4-6-18-7-5-13;/h1-3,8H,4-7,9,15H2,(H,16,17);1H. The Labute approximate surface area is 127 Å². The number of hydrogen-bond donors (Lipinski definition) is 2. The first-order valence-corrected chi connectivity index (χ1v) is 6.79. The van der Waals surface area contributed by atoms with Gasteiger partial charge in [-0.25, -0.2) is 0 Å². The van der Waals surface area contributed by atoms with Gasteiger partial charge in [-0.3, -0.25) is 4.79 Å². The average molecular weight is 350 g/mol. The SMILES string of the molecule is Cl.NC1(C(=O)NCc2cccc(Br)c2)CCOCC1. The van der Waals surface area contributed by atoms with E-state index in [9.17, 15) is 4.79 Å². The molecule has 1 saturated heterocycles. The molecule has 1 aliphatic heterocycles. The molecule has 0 radical (unpaired) electrons. The third-order valence-electron chi connectivity index (χ3n) is 3.18. The summed E-state index contributed by atoms with van der Waals surface area (Å²) >= 11 is 3.40. The minimum absolute atomic E-state index is 0. The summed E-state index contributed by atoms with van der Waals surface area (Å²) in [4.78, 5) is 12.1. The number of carbonyl (C=O) groups excluding carboxylic acids is 1. The van der Waals surface area contributed by atoms with Crippen LogP contribution < -0.4 is 11.1 Å². The van der Waals surface area contributed by atoms with Crippen LogP contribution in [0, 0.1) is 0 Å². The average Bonchev–Trinajstić information content (AvgIpc) is 2.37. The lowest BCUT2D eigenvalue weighted by Crippen LogP contribution is -2.56. The molecular formula is C13H18BrClN2O2. The number of nitrogens with one attached hydrogen (secondary N) is 1. The fourth-order valence-corrected chi connectivity index (χ4v) is 2.41. The van der Waals surface area contributed by atoms with E-state index in [1.165, 1.54) is 0 Å².